The first-order chi connectivity index (χ1) is 19.7. The Balaban J connectivity index is 1.24. The van der Waals surface area contributed by atoms with Crippen LogP contribution in [0, 0.1) is 30.0 Å². The van der Waals surface area contributed by atoms with Crippen molar-refractivity contribution in [1.82, 2.24) is 9.80 Å². The molecule has 2 heterocycles. The van der Waals surface area contributed by atoms with Gasteiger partial charge >= 0.3 is 0 Å². The Morgan fingerprint density at radius 1 is 0.854 bits per heavy atom. The number of nitrogens with zero attached hydrogens (tertiary/aromatic N) is 5. The van der Waals surface area contributed by atoms with Crippen LogP contribution in [-0.4, -0.2) is 78.5 Å². The molecule has 1 N–H and O–H groups in total. The van der Waals surface area contributed by atoms with Gasteiger partial charge in [0.2, 0.25) is 0 Å². The molecule has 2 aliphatic rings. The van der Waals surface area contributed by atoms with Crippen molar-refractivity contribution in [2.24, 2.45) is 0 Å². The summed E-state index contributed by atoms with van der Waals surface area (Å²) in [6.07, 6.45) is 1.46. The Bertz CT molecular complexity index is 1580. The van der Waals surface area contributed by atoms with Crippen molar-refractivity contribution < 1.29 is 9.00 Å². The molecule has 1 atom stereocenters. The second kappa shape index (κ2) is 11.9. The lowest BCUT2D eigenvalue weighted by Gasteiger charge is -2.37. The van der Waals surface area contributed by atoms with Crippen molar-refractivity contribution in [3.05, 3.63) is 88.5 Å². The van der Waals surface area contributed by atoms with Crippen LogP contribution in [0.3, 0.4) is 0 Å². The van der Waals surface area contributed by atoms with Gasteiger partial charge in [-0.3, -0.25) is 9.69 Å². The molecule has 0 saturated carbocycles. The van der Waals surface area contributed by atoms with Gasteiger partial charge in [0.05, 0.1) is 31.6 Å². The minimum atomic E-state index is -2.84. The molecule has 8 nitrogen and oxygen atoms in total. The molecule has 41 heavy (non-hydrogen) atoms. The Morgan fingerprint density at radius 2 is 1.44 bits per heavy atom. The normalized spacial score (nSPS) is 17.7. The molecule has 0 aliphatic carbocycles. The van der Waals surface area contributed by atoms with E-state index >= 15 is 0 Å². The molecule has 214 valence electrons. The molecule has 3 aromatic carbocycles. The highest BCUT2D eigenvalue weighted by molar-refractivity contribution is 7.91. The molecule has 0 aromatic heterocycles. The van der Waals surface area contributed by atoms with Gasteiger partial charge < -0.3 is 14.7 Å². The third-order valence-electron chi connectivity index (χ3n) is 8.24. The topological polar surface area (TPSA) is 94.7 Å². The minimum Gasteiger partial charge on any atom is -0.368 e. The van der Waals surface area contributed by atoms with E-state index in [2.05, 4.69) is 39.8 Å². The van der Waals surface area contributed by atoms with Crippen molar-refractivity contribution in [2.45, 2.75) is 25.3 Å². The number of amides is 1. The Morgan fingerprint density at radius 3 is 2.10 bits per heavy atom. The number of carbonyl (C=O) groups is 1. The van der Waals surface area contributed by atoms with Crippen molar-refractivity contribution in [1.29, 1.82) is 10.0 Å². The summed E-state index contributed by atoms with van der Waals surface area (Å²) >= 11 is 0. The Labute approximate surface area is 243 Å². The summed E-state index contributed by atoms with van der Waals surface area (Å²) in [5, 5.41) is 9.48. The molecule has 5 rings (SSSR count). The highest BCUT2D eigenvalue weighted by atomic mass is 32.2. The van der Waals surface area contributed by atoms with Crippen LogP contribution in [0.2, 0.25) is 0 Å². The molecule has 2 fully saturated rings. The molecular formula is C32H38N6O2S. The number of nitrogens with one attached hydrogen (secondary N) is 1. The Hall–Kier alpha value is -3.87. The monoisotopic (exact) mass is 570 g/mol. The number of para-hydroxylation sites is 2. The lowest BCUT2D eigenvalue weighted by molar-refractivity contribution is 0.0745. The van der Waals surface area contributed by atoms with Crippen molar-refractivity contribution in [3.63, 3.8) is 0 Å². The predicted molar refractivity (Wildman–Crippen MR) is 164 cm³/mol. The van der Waals surface area contributed by atoms with Gasteiger partial charge in [-0.05, 0) is 60.9 Å². The van der Waals surface area contributed by atoms with E-state index in [0.29, 0.717) is 36.6 Å². The van der Waals surface area contributed by atoms with Crippen LogP contribution in [-0.2, 0) is 16.3 Å². The standard InChI is InChI=1S/C32H38N6O2S/c1-24-20-25(2)28(21-27(24)23-35-12-14-36(15-13-35)29-9-5-4-8-26(29)22-33)32(39)38-18-16-37(17-19-38)30-10-6-7-11-31(30)41(3,34)40/h4-11,20-21,34H,12-19,23H2,1-3H3. The number of hydrogen-bond donors (Lipinski definition) is 1. The number of rotatable bonds is 6. The SMILES string of the molecule is Cc1cc(C)c(C(=O)N2CCN(c3ccccc3S(C)(=N)=O)CC2)cc1CN1CCN(c2ccccc2C#N)CC1. The van der Waals surface area contributed by atoms with Gasteiger partial charge in [0.25, 0.3) is 5.91 Å². The van der Waals surface area contributed by atoms with E-state index in [9.17, 15) is 14.3 Å². The molecule has 1 unspecified atom stereocenters. The van der Waals surface area contributed by atoms with E-state index in [-0.39, 0.29) is 5.91 Å². The maximum atomic E-state index is 13.7. The maximum Gasteiger partial charge on any atom is 0.254 e. The van der Waals surface area contributed by atoms with Crippen LogP contribution in [0.5, 0.6) is 0 Å². The minimum absolute atomic E-state index is 0.0504. The van der Waals surface area contributed by atoms with Crippen LogP contribution in [0.15, 0.2) is 65.6 Å². The van der Waals surface area contributed by atoms with Gasteiger partial charge in [0.15, 0.2) is 0 Å². The molecule has 2 aliphatic heterocycles. The predicted octanol–water partition coefficient (Wildman–Crippen LogP) is 4.50. The van der Waals surface area contributed by atoms with E-state index in [4.69, 9.17) is 4.78 Å². The second-order valence-electron chi connectivity index (χ2n) is 11.1. The third-order valence-corrected chi connectivity index (χ3v) is 9.42. The maximum absolute atomic E-state index is 13.7. The largest absolute Gasteiger partial charge is 0.368 e. The summed E-state index contributed by atoms with van der Waals surface area (Å²) in [6, 6.07) is 21.7. The quantitative estimate of drug-likeness (QED) is 0.469. The van der Waals surface area contributed by atoms with E-state index in [1.807, 2.05) is 54.3 Å². The molecule has 1 amide bonds. The lowest BCUT2D eigenvalue weighted by Crippen LogP contribution is -2.49. The molecule has 3 aromatic rings. The number of nitriles is 1. The van der Waals surface area contributed by atoms with E-state index < -0.39 is 9.73 Å². The summed E-state index contributed by atoms with van der Waals surface area (Å²) in [5.74, 6) is 0.0504. The van der Waals surface area contributed by atoms with Gasteiger partial charge in [-0.15, -0.1) is 0 Å². The van der Waals surface area contributed by atoms with Crippen LogP contribution in [0.1, 0.15) is 32.6 Å². The van der Waals surface area contributed by atoms with Crippen molar-refractivity contribution in [2.75, 3.05) is 68.4 Å². The Kier molecular flexibility index (Phi) is 8.34. The lowest BCUT2D eigenvalue weighted by atomic mass is 9.98. The number of carbonyl (C=O) groups excluding carboxylic acids is 1. The number of anilines is 2. The highest BCUT2D eigenvalue weighted by Gasteiger charge is 2.26. The number of piperazine rings is 2. The zero-order valence-corrected chi connectivity index (χ0v) is 24.9. The molecule has 9 heteroatoms. The molecule has 2 saturated heterocycles. The van der Waals surface area contributed by atoms with Crippen LogP contribution in [0.25, 0.3) is 0 Å². The summed E-state index contributed by atoms with van der Waals surface area (Å²) in [5.41, 5.74) is 6.64. The first-order valence-corrected chi connectivity index (χ1v) is 16.1. The van der Waals surface area contributed by atoms with Gasteiger partial charge in [0.1, 0.15) is 6.07 Å². The van der Waals surface area contributed by atoms with Crippen LogP contribution >= 0.6 is 0 Å². The smallest absolute Gasteiger partial charge is 0.254 e. The summed E-state index contributed by atoms with van der Waals surface area (Å²) in [6.45, 7) is 10.8. The summed E-state index contributed by atoms with van der Waals surface area (Å²) in [7, 11) is -2.84. The molecular weight excluding hydrogens is 532 g/mol. The van der Waals surface area contributed by atoms with Crippen LogP contribution in [0.4, 0.5) is 11.4 Å². The van der Waals surface area contributed by atoms with Gasteiger partial charge in [-0.2, -0.15) is 5.26 Å². The summed E-state index contributed by atoms with van der Waals surface area (Å²) in [4.78, 5) is 23.0. The number of benzene rings is 3. The molecule has 0 radical (unpaired) electrons. The van der Waals surface area contributed by atoms with Crippen molar-refractivity contribution in [3.8, 4) is 6.07 Å². The van der Waals surface area contributed by atoms with Gasteiger partial charge in [-0.1, -0.05) is 30.3 Å². The highest BCUT2D eigenvalue weighted by Crippen LogP contribution is 2.28. The average molecular weight is 571 g/mol. The fourth-order valence-corrected chi connectivity index (χ4v) is 6.83. The zero-order valence-electron chi connectivity index (χ0n) is 24.1. The number of aryl methyl sites for hydroxylation is 2. The van der Waals surface area contributed by atoms with Gasteiger partial charge in [-0.25, -0.2) is 8.99 Å². The van der Waals surface area contributed by atoms with Crippen LogP contribution < -0.4 is 9.80 Å². The summed E-state index contributed by atoms with van der Waals surface area (Å²) < 4.78 is 20.6. The zero-order chi connectivity index (χ0) is 29.1. The van der Waals surface area contributed by atoms with E-state index in [0.717, 1.165) is 55.2 Å². The average Bonchev–Trinajstić information content (AvgIpc) is 2.98. The molecule has 0 spiro atoms. The van der Waals surface area contributed by atoms with Gasteiger partial charge in [0, 0.05) is 70.7 Å². The third kappa shape index (κ3) is 6.24. The second-order valence-corrected chi connectivity index (χ2v) is 13.2. The van der Waals surface area contributed by atoms with Crippen molar-refractivity contribution >= 4 is 27.0 Å². The fourth-order valence-electron chi connectivity index (χ4n) is 5.90. The number of hydrogen-bond acceptors (Lipinski definition) is 7. The van der Waals surface area contributed by atoms with E-state index in [1.54, 1.807) is 6.07 Å². The molecule has 0 bridgehead atoms. The fraction of sp³-hybridized carbons (Fsp3) is 0.375. The first-order valence-electron chi connectivity index (χ1n) is 14.1. The first kappa shape index (κ1) is 28.7. The van der Waals surface area contributed by atoms with E-state index in [1.165, 1.54) is 17.4 Å².